The molecule has 0 spiro atoms. The van der Waals surface area contributed by atoms with Crippen LogP contribution in [0.25, 0.3) is 0 Å². The Balaban J connectivity index is 1.60. The highest BCUT2D eigenvalue weighted by atomic mass is 35.5. The Morgan fingerprint density at radius 1 is 1.00 bits per heavy atom. The third-order valence-corrected chi connectivity index (χ3v) is 7.96. The first-order valence-electron chi connectivity index (χ1n) is 12.8. The Labute approximate surface area is 222 Å². The molecule has 7 heteroatoms. The van der Waals surface area contributed by atoms with Crippen molar-refractivity contribution in [2.24, 2.45) is 0 Å². The van der Waals surface area contributed by atoms with E-state index >= 15 is 0 Å². The largest absolute Gasteiger partial charge is 0.493 e. The Bertz CT molecular complexity index is 1270. The van der Waals surface area contributed by atoms with Crippen molar-refractivity contribution in [2.75, 3.05) is 14.2 Å². The average molecular weight is 522 g/mol. The Morgan fingerprint density at radius 2 is 1.73 bits per heavy atom. The van der Waals surface area contributed by atoms with Gasteiger partial charge in [-0.2, -0.15) is 0 Å². The van der Waals surface area contributed by atoms with Gasteiger partial charge in [-0.05, 0) is 68.7 Å². The molecule has 1 aliphatic heterocycles. The summed E-state index contributed by atoms with van der Waals surface area (Å²) in [5.41, 5.74) is 4.36. The lowest BCUT2D eigenvalue weighted by molar-refractivity contribution is -0.144. The summed E-state index contributed by atoms with van der Waals surface area (Å²) in [6.45, 7) is 1.88. The molecule has 0 saturated heterocycles. The fraction of sp³-hybridized carbons (Fsp3) is 0.400. The first kappa shape index (κ1) is 25.4. The lowest BCUT2D eigenvalue weighted by Crippen LogP contribution is -2.36. The van der Waals surface area contributed by atoms with E-state index in [1.807, 2.05) is 49.4 Å². The summed E-state index contributed by atoms with van der Waals surface area (Å²) in [6, 6.07) is 13.2. The molecule has 1 saturated carbocycles. The van der Waals surface area contributed by atoms with E-state index in [9.17, 15) is 9.59 Å². The van der Waals surface area contributed by atoms with E-state index in [2.05, 4.69) is 5.32 Å². The number of ketones is 1. The number of dihydropyridines is 1. The number of Topliss-reactive ketones (excluding diaryl/α,β-unsaturated/α-hetero) is 1. The maximum absolute atomic E-state index is 13.9. The van der Waals surface area contributed by atoms with E-state index in [1.165, 1.54) is 0 Å². The van der Waals surface area contributed by atoms with Crippen molar-refractivity contribution >= 4 is 23.4 Å². The second-order valence-electron chi connectivity index (χ2n) is 9.96. The van der Waals surface area contributed by atoms with E-state index in [0.717, 1.165) is 36.9 Å². The summed E-state index contributed by atoms with van der Waals surface area (Å²) in [5, 5.41) is 4.08. The lowest BCUT2D eigenvalue weighted by atomic mass is 9.71. The molecule has 2 aromatic carbocycles. The van der Waals surface area contributed by atoms with Crippen LogP contribution in [-0.4, -0.2) is 32.1 Å². The van der Waals surface area contributed by atoms with Gasteiger partial charge in [0.1, 0.15) is 6.10 Å². The number of hydrogen-bond acceptors (Lipinski definition) is 6. The molecule has 2 aromatic rings. The van der Waals surface area contributed by atoms with Gasteiger partial charge in [0.2, 0.25) is 0 Å². The van der Waals surface area contributed by atoms with Crippen molar-refractivity contribution in [3.63, 3.8) is 0 Å². The van der Waals surface area contributed by atoms with Gasteiger partial charge < -0.3 is 19.5 Å². The number of carbonyl (C=O) groups excluding carboxylic acids is 2. The van der Waals surface area contributed by atoms with Crippen LogP contribution in [0.15, 0.2) is 65.0 Å². The topological polar surface area (TPSA) is 73.9 Å². The summed E-state index contributed by atoms with van der Waals surface area (Å²) in [5.74, 6) is 0.0743. The van der Waals surface area contributed by atoms with Crippen LogP contribution in [0.5, 0.6) is 11.5 Å². The van der Waals surface area contributed by atoms with E-state index in [-0.39, 0.29) is 23.8 Å². The second-order valence-corrected chi connectivity index (χ2v) is 10.4. The van der Waals surface area contributed by atoms with Crippen molar-refractivity contribution in [3.05, 3.63) is 81.2 Å². The molecule has 6 nitrogen and oxygen atoms in total. The molecule has 2 atom stereocenters. The van der Waals surface area contributed by atoms with Gasteiger partial charge in [-0.1, -0.05) is 35.9 Å². The van der Waals surface area contributed by atoms with Gasteiger partial charge in [0.05, 0.1) is 25.7 Å². The average Bonchev–Trinajstić information content (AvgIpc) is 3.40. The fourth-order valence-corrected chi connectivity index (χ4v) is 6.08. The highest BCUT2D eigenvalue weighted by molar-refractivity contribution is 6.30. The van der Waals surface area contributed by atoms with E-state index in [0.29, 0.717) is 51.8 Å². The molecule has 1 N–H and O–H groups in total. The molecule has 3 aliphatic rings. The standard InChI is InChI=1S/C30H32ClNO5/c1-17-26(30(34)37-21-7-4-5-8-21)27(22-9-6-10-25(35-2)29(22)36-3)28-23(32-17)15-19(16-24(28)33)18-11-13-20(31)14-12-18/h6,9-14,19,21,27,32H,4-5,7-8,15-16H2,1-3H3/t19-,27+/m1/s1. The van der Waals surface area contributed by atoms with Crippen LogP contribution >= 0.6 is 11.6 Å². The minimum Gasteiger partial charge on any atom is -0.493 e. The van der Waals surface area contributed by atoms with E-state index in [1.54, 1.807) is 14.2 Å². The van der Waals surface area contributed by atoms with Gasteiger partial charge in [0, 0.05) is 34.0 Å². The van der Waals surface area contributed by atoms with Crippen LogP contribution in [0.3, 0.4) is 0 Å². The number of rotatable bonds is 6. The number of nitrogens with one attached hydrogen (secondary N) is 1. The van der Waals surface area contributed by atoms with Gasteiger partial charge in [-0.3, -0.25) is 4.79 Å². The van der Waals surface area contributed by atoms with Gasteiger partial charge in [-0.25, -0.2) is 4.79 Å². The molecular weight excluding hydrogens is 490 g/mol. The number of ether oxygens (including phenoxy) is 3. The number of esters is 1. The molecule has 0 bridgehead atoms. The molecule has 0 aromatic heterocycles. The zero-order chi connectivity index (χ0) is 26.1. The van der Waals surface area contributed by atoms with Crippen LogP contribution in [0.2, 0.25) is 5.02 Å². The lowest BCUT2D eigenvalue weighted by Gasteiger charge is -2.37. The zero-order valence-electron chi connectivity index (χ0n) is 21.4. The van der Waals surface area contributed by atoms with Crippen molar-refractivity contribution < 1.29 is 23.8 Å². The van der Waals surface area contributed by atoms with E-state index in [4.69, 9.17) is 25.8 Å². The molecule has 194 valence electrons. The Hall–Kier alpha value is -3.25. The monoisotopic (exact) mass is 521 g/mol. The number of halogens is 1. The fourth-order valence-electron chi connectivity index (χ4n) is 5.95. The molecular formula is C30H32ClNO5. The van der Waals surface area contributed by atoms with Crippen molar-refractivity contribution in [1.29, 1.82) is 0 Å². The predicted octanol–water partition coefficient (Wildman–Crippen LogP) is 6.20. The van der Waals surface area contributed by atoms with Crippen molar-refractivity contribution in [1.82, 2.24) is 5.32 Å². The highest BCUT2D eigenvalue weighted by Crippen LogP contribution is 2.49. The number of allylic oxidation sites excluding steroid dienone is 3. The molecule has 5 rings (SSSR count). The van der Waals surface area contributed by atoms with Crippen LogP contribution < -0.4 is 14.8 Å². The predicted molar refractivity (Wildman–Crippen MR) is 142 cm³/mol. The second kappa shape index (κ2) is 10.6. The third kappa shape index (κ3) is 4.87. The van der Waals surface area contributed by atoms with E-state index < -0.39 is 5.92 Å². The number of para-hydroxylation sites is 1. The smallest absolute Gasteiger partial charge is 0.337 e. The summed E-state index contributed by atoms with van der Waals surface area (Å²) >= 11 is 6.10. The minimum absolute atomic E-state index is 0.00207. The molecule has 2 aliphatic carbocycles. The maximum atomic E-state index is 13.9. The van der Waals surface area contributed by atoms with Crippen LogP contribution in [0.4, 0.5) is 0 Å². The van der Waals surface area contributed by atoms with Gasteiger partial charge in [0.25, 0.3) is 0 Å². The van der Waals surface area contributed by atoms with Crippen molar-refractivity contribution in [3.8, 4) is 11.5 Å². The normalized spacial score (nSPS) is 22.0. The highest BCUT2D eigenvalue weighted by Gasteiger charge is 2.43. The maximum Gasteiger partial charge on any atom is 0.337 e. The van der Waals surface area contributed by atoms with Gasteiger partial charge in [0.15, 0.2) is 17.3 Å². The summed E-state index contributed by atoms with van der Waals surface area (Å²) < 4.78 is 17.3. The van der Waals surface area contributed by atoms with Crippen LogP contribution in [0, 0.1) is 0 Å². The Morgan fingerprint density at radius 3 is 2.41 bits per heavy atom. The number of methoxy groups -OCH3 is 2. The molecule has 37 heavy (non-hydrogen) atoms. The molecule has 0 radical (unpaired) electrons. The quantitative estimate of drug-likeness (QED) is 0.456. The summed E-state index contributed by atoms with van der Waals surface area (Å²) in [6.07, 6.45) is 4.75. The first-order chi connectivity index (χ1) is 17.9. The van der Waals surface area contributed by atoms with Crippen LogP contribution in [0.1, 0.15) is 68.4 Å². The van der Waals surface area contributed by atoms with Gasteiger partial charge in [-0.15, -0.1) is 0 Å². The zero-order valence-corrected chi connectivity index (χ0v) is 22.2. The number of benzene rings is 2. The molecule has 0 amide bonds. The number of carbonyl (C=O) groups is 2. The molecule has 1 heterocycles. The number of hydrogen-bond donors (Lipinski definition) is 1. The molecule has 1 fully saturated rings. The summed E-state index contributed by atoms with van der Waals surface area (Å²) in [4.78, 5) is 27.5. The molecule has 0 unspecified atom stereocenters. The Kier molecular flexibility index (Phi) is 7.29. The third-order valence-electron chi connectivity index (χ3n) is 7.71. The van der Waals surface area contributed by atoms with Gasteiger partial charge >= 0.3 is 5.97 Å². The minimum atomic E-state index is -0.617. The SMILES string of the molecule is COc1cccc([C@H]2C(C(=O)OC3CCCC3)=C(C)NC3=C2C(=O)C[C@H](c2ccc(Cl)cc2)C3)c1OC. The van der Waals surface area contributed by atoms with Crippen molar-refractivity contribution in [2.45, 2.75) is 63.4 Å². The van der Waals surface area contributed by atoms with Crippen LogP contribution in [-0.2, 0) is 14.3 Å². The first-order valence-corrected chi connectivity index (χ1v) is 13.2. The summed E-state index contributed by atoms with van der Waals surface area (Å²) in [7, 11) is 3.15.